The molecule has 5 nitrogen and oxygen atoms in total. The lowest BCUT2D eigenvalue weighted by Gasteiger charge is -2.33. The van der Waals surface area contributed by atoms with Crippen LogP contribution in [0.15, 0.2) is 52.8 Å². The minimum Gasteiger partial charge on any atom is -0.492 e. The van der Waals surface area contributed by atoms with Crippen molar-refractivity contribution in [3.05, 3.63) is 52.7 Å². The van der Waals surface area contributed by atoms with E-state index in [4.69, 9.17) is 4.74 Å². The fourth-order valence-electron chi connectivity index (χ4n) is 3.63. The zero-order valence-corrected chi connectivity index (χ0v) is 17.8. The van der Waals surface area contributed by atoms with Gasteiger partial charge in [0, 0.05) is 38.6 Å². The Labute approximate surface area is 173 Å². The first kappa shape index (κ1) is 20.7. The molecule has 28 heavy (non-hydrogen) atoms. The van der Waals surface area contributed by atoms with Crippen LogP contribution in [0.5, 0.6) is 5.75 Å². The van der Waals surface area contributed by atoms with Crippen molar-refractivity contribution in [2.75, 3.05) is 46.9 Å². The summed E-state index contributed by atoms with van der Waals surface area (Å²) in [5.41, 5.74) is 0. The minimum absolute atomic E-state index is 0.638. The summed E-state index contributed by atoms with van der Waals surface area (Å²) >= 11 is 1.85. The number of para-hydroxylation sites is 1. The summed E-state index contributed by atoms with van der Waals surface area (Å²) < 4.78 is 5.80. The van der Waals surface area contributed by atoms with Gasteiger partial charge in [0.1, 0.15) is 12.4 Å². The van der Waals surface area contributed by atoms with Crippen LogP contribution in [-0.4, -0.2) is 62.6 Å². The molecule has 1 unspecified atom stereocenters. The molecule has 1 aromatic heterocycles. The Hall–Kier alpha value is -2.05. The lowest BCUT2D eigenvalue weighted by atomic mass is 9.98. The van der Waals surface area contributed by atoms with Gasteiger partial charge in [-0.25, -0.2) is 0 Å². The lowest BCUT2D eigenvalue weighted by Crippen LogP contribution is -2.45. The molecule has 1 aromatic carbocycles. The molecule has 0 radical (unpaired) electrons. The predicted octanol–water partition coefficient (Wildman–Crippen LogP) is 3.55. The number of nitrogens with zero attached hydrogens (tertiary/aromatic N) is 3. The minimum atomic E-state index is 0.638. The Morgan fingerprint density at radius 2 is 2.14 bits per heavy atom. The number of likely N-dealkylation sites (N-methyl/N-ethyl adjacent to an activating group) is 1. The molecular weight excluding hydrogens is 368 g/mol. The lowest BCUT2D eigenvalue weighted by molar-refractivity contribution is 0.169. The highest BCUT2D eigenvalue weighted by Gasteiger charge is 2.20. The Morgan fingerprint density at radius 3 is 2.89 bits per heavy atom. The van der Waals surface area contributed by atoms with Gasteiger partial charge < -0.3 is 15.0 Å². The molecule has 152 valence electrons. The number of thiophene rings is 1. The van der Waals surface area contributed by atoms with E-state index >= 15 is 0 Å². The molecule has 2 aromatic rings. The molecule has 6 heteroatoms. The van der Waals surface area contributed by atoms with Crippen molar-refractivity contribution in [2.45, 2.75) is 19.4 Å². The molecule has 1 N–H and O–H groups in total. The van der Waals surface area contributed by atoms with E-state index in [-0.39, 0.29) is 0 Å². The average Bonchev–Trinajstić information content (AvgIpc) is 3.22. The van der Waals surface area contributed by atoms with Gasteiger partial charge in [0.05, 0.1) is 6.54 Å². The molecule has 0 saturated carbocycles. The van der Waals surface area contributed by atoms with Crippen LogP contribution in [0.1, 0.15) is 17.7 Å². The van der Waals surface area contributed by atoms with Crippen LogP contribution >= 0.6 is 11.3 Å². The zero-order chi connectivity index (χ0) is 19.6. The highest BCUT2D eigenvalue weighted by Crippen LogP contribution is 2.20. The topological polar surface area (TPSA) is 40.1 Å². The molecule has 1 aliphatic heterocycles. The fraction of sp³-hybridized carbons (Fsp3) is 0.500. The Bertz CT molecular complexity index is 705. The van der Waals surface area contributed by atoms with E-state index in [1.54, 1.807) is 0 Å². The second-order valence-corrected chi connectivity index (χ2v) is 8.37. The predicted molar refractivity (Wildman–Crippen MR) is 118 cm³/mol. The van der Waals surface area contributed by atoms with Crippen LogP contribution in [-0.2, 0) is 6.54 Å². The van der Waals surface area contributed by atoms with E-state index in [1.165, 1.54) is 24.3 Å². The van der Waals surface area contributed by atoms with Gasteiger partial charge in [0.2, 0.25) is 0 Å². The molecule has 2 heterocycles. The molecule has 1 aliphatic rings. The number of aliphatic imine (C=N–C) groups is 1. The summed E-state index contributed by atoms with van der Waals surface area (Å²) in [5, 5.41) is 5.73. The normalized spacial score (nSPS) is 18.1. The number of hydrogen-bond donors (Lipinski definition) is 1. The quantitative estimate of drug-likeness (QED) is 0.543. The Morgan fingerprint density at radius 1 is 1.29 bits per heavy atom. The maximum atomic E-state index is 5.80. The van der Waals surface area contributed by atoms with Gasteiger partial charge in [-0.3, -0.25) is 9.89 Å². The Kier molecular flexibility index (Phi) is 8.18. The van der Waals surface area contributed by atoms with Crippen molar-refractivity contribution < 1.29 is 4.74 Å². The van der Waals surface area contributed by atoms with Crippen molar-refractivity contribution in [1.29, 1.82) is 0 Å². The molecule has 0 spiro atoms. The summed E-state index contributed by atoms with van der Waals surface area (Å²) in [6, 6.07) is 14.3. The summed E-state index contributed by atoms with van der Waals surface area (Å²) in [4.78, 5) is 10.6. The molecular formula is C22H32N4OS. The van der Waals surface area contributed by atoms with Gasteiger partial charge >= 0.3 is 0 Å². The molecule has 0 aliphatic carbocycles. The number of hydrogen-bond acceptors (Lipinski definition) is 4. The van der Waals surface area contributed by atoms with Crippen molar-refractivity contribution in [3.8, 4) is 5.75 Å². The van der Waals surface area contributed by atoms with E-state index in [0.29, 0.717) is 12.5 Å². The average molecular weight is 401 g/mol. The van der Waals surface area contributed by atoms with Crippen molar-refractivity contribution in [1.82, 2.24) is 15.1 Å². The highest BCUT2D eigenvalue weighted by atomic mass is 32.1. The summed E-state index contributed by atoms with van der Waals surface area (Å²) in [6.07, 6.45) is 2.56. The monoisotopic (exact) mass is 400 g/mol. The van der Waals surface area contributed by atoms with Gasteiger partial charge in [-0.1, -0.05) is 24.3 Å². The first-order valence-electron chi connectivity index (χ1n) is 10.1. The summed E-state index contributed by atoms with van der Waals surface area (Å²) in [6.45, 7) is 5.85. The standard InChI is InChI=1S/C22H32N4OS/c1-23-22(25(2)13-14-27-20-9-4-3-5-10-20)24-16-19-8-6-12-26(17-19)18-21-11-7-15-28-21/h3-5,7,9-11,15,19H,6,8,12-14,16-18H2,1-2H3,(H,23,24). The van der Waals surface area contributed by atoms with Gasteiger partial charge in [-0.2, -0.15) is 0 Å². The first-order valence-corrected chi connectivity index (χ1v) is 11.0. The second kappa shape index (κ2) is 11.1. The van der Waals surface area contributed by atoms with Crippen molar-refractivity contribution in [2.24, 2.45) is 10.9 Å². The first-order chi connectivity index (χ1) is 13.7. The number of piperidine rings is 1. The van der Waals surface area contributed by atoms with Crippen LogP contribution in [0.4, 0.5) is 0 Å². The molecule has 1 atom stereocenters. The SMILES string of the molecule is CN=C(NCC1CCCN(Cc2cccs2)C1)N(C)CCOc1ccccc1. The maximum Gasteiger partial charge on any atom is 0.193 e. The molecule has 1 saturated heterocycles. The largest absolute Gasteiger partial charge is 0.492 e. The van der Waals surface area contributed by atoms with Crippen molar-refractivity contribution in [3.63, 3.8) is 0 Å². The van der Waals surface area contributed by atoms with Crippen LogP contribution in [0.25, 0.3) is 0 Å². The van der Waals surface area contributed by atoms with Crippen LogP contribution in [0, 0.1) is 5.92 Å². The fourth-order valence-corrected chi connectivity index (χ4v) is 4.37. The molecule has 0 amide bonds. The number of guanidine groups is 1. The van der Waals surface area contributed by atoms with E-state index in [1.807, 2.05) is 48.7 Å². The third-order valence-electron chi connectivity index (χ3n) is 5.12. The number of nitrogens with one attached hydrogen (secondary N) is 1. The number of likely N-dealkylation sites (tertiary alicyclic amines) is 1. The smallest absolute Gasteiger partial charge is 0.193 e. The highest BCUT2D eigenvalue weighted by molar-refractivity contribution is 7.09. The maximum absolute atomic E-state index is 5.80. The van der Waals surface area contributed by atoms with Gasteiger partial charge in [-0.05, 0) is 48.9 Å². The summed E-state index contributed by atoms with van der Waals surface area (Å²) in [7, 11) is 3.91. The number of rotatable bonds is 8. The van der Waals surface area contributed by atoms with Crippen molar-refractivity contribution >= 4 is 17.3 Å². The van der Waals surface area contributed by atoms with Gasteiger partial charge in [-0.15, -0.1) is 11.3 Å². The van der Waals surface area contributed by atoms with Crippen LogP contribution < -0.4 is 10.1 Å². The third-order valence-corrected chi connectivity index (χ3v) is 5.98. The number of ether oxygens (including phenoxy) is 1. The third kappa shape index (κ3) is 6.53. The zero-order valence-electron chi connectivity index (χ0n) is 17.0. The summed E-state index contributed by atoms with van der Waals surface area (Å²) in [5.74, 6) is 2.51. The van der Waals surface area contributed by atoms with Crippen LogP contribution in [0.2, 0.25) is 0 Å². The van der Waals surface area contributed by atoms with Gasteiger partial charge in [0.15, 0.2) is 5.96 Å². The van der Waals surface area contributed by atoms with E-state index < -0.39 is 0 Å². The molecule has 3 rings (SSSR count). The number of benzene rings is 1. The molecule has 0 bridgehead atoms. The van der Waals surface area contributed by atoms with E-state index in [0.717, 1.165) is 37.9 Å². The Balaban J connectivity index is 1.39. The van der Waals surface area contributed by atoms with Gasteiger partial charge in [0.25, 0.3) is 0 Å². The second-order valence-electron chi connectivity index (χ2n) is 7.33. The van der Waals surface area contributed by atoms with E-state index in [2.05, 4.69) is 44.7 Å². The van der Waals surface area contributed by atoms with E-state index in [9.17, 15) is 0 Å². The van der Waals surface area contributed by atoms with Crippen LogP contribution in [0.3, 0.4) is 0 Å². The molecule has 1 fully saturated rings.